The molecule has 0 aromatic heterocycles. The minimum atomic E-state index is -3.92. The monoisotopic (exact) mass is 242 g/mol. The number of thiocarbonyl (C=S) groups is 1. The normalized spacial score (nSPS) is 10.5. The van der Waals surface area contributed by atoms with Crippen LogP contribution in [0.3, 0.4) is 0 Å². The highest BCUT2D eigenvalue weighted by Crippen LogP contribution is 2.13. The highest BCUT2D eigenvalue weighted by Gasteiger charge is 2.59. The topological polar surface area (TPSA) is 105 Å². The van der Waals surface area contributed by atoms with Crippen molar-refractivity contribution in [2.75, 3.05) is 13.2 Å². The van der Waals surface area contributed by atoms with Crippen LogP contribution in [0.25, 0.3) is 0 Å². The molecule has 0 rings (SSSR count). The van der Waals surface area contributed by atoms with E-state index in [9.17, 15) is 24.6 Å². The molecule has 10 heteroatoms. The third kappa shape index (κ3) is 3.58. The van der Waals surface area contributed by atoms with Crippen molar-refractivity contribution in [2.24, 2.45) is 0 Å². The lowest BCUT2D eigenvalue weighted by Gasteiger charge is -2.09. The fourth-order valence-electron chi connectivity index (χ4n) is 0.482. The maximum atomic E-state index is 13.0. The summed E-state index contributed by atoms with van der Waals surface area (Å²) >= 11 is 4.34. The number of hydrogen-bond donors (Lipinski definition) is 0. The molecular weight excluding hydrogens is 235 g/mol. The molecule has 0 heterocycles. The molecule has 0 saturated heterocycles. The van der Waals surface area contributed by atoms with Gasteiger partial charge in [0.15, 0.2) is 0 Å². The van der Waals surface area contributed by atoms with Crippen LogP contribution in [0.15, 0.2) is 0 Å². The van der Waals surface area contributed by atoms with Crippen molar-refractivity contribution in [3.63, 3.8) is 0 Å². The zero-order valence-corrected chi connectivity index (χ0v) is 8.36. The number of alkyl halides is 1. The number of hydrogen-bond acceptors (Lipinski definition) is 7. The van der Waals surface area contributed by atoms with Crippen molar-refractivity contribution in [3.8, 4) is 0 Å². The lowest BCUT2D eigenvalue weighted by molar-refractivity contribution is -0.832. The van der Waals surface area contributed by atoms with Crippen LogP contribution >= 0.6 is 12.2 Å². The van der Waals surface area contributed by atoms with Crippen LogP contribution in [-0.4, -0.2) is 34.2 Å². The second kappa shape index (κ2) is 5.34. The lowest BCUT2D eigenvalue weighted by Crippen LogP contribution is -2.46. The molecule has 8 nitrogen and oxygen atoms in total. The first-order valence-corrected chi connectivity index (χ1v) is 4.03. The molecule has 0 bridgehead atoms. The quantitative estimate of drug-likeness (QED) is 0.227. The van der Waals surface area contributed by atoms with E-state index in [0.717, 1.165) is 0 Å². The Morgan fingerprint density at radius 3 is 2.20 bits per heavy atom. The van der Waals surface area contributed by atoms with E-state index in [1.807, 2.05) is 0 Å². The molecule has 0 aliphatic rings. The Hall–Kier alpha value is -1.58. The molecular formula is C5H7FN2O6S. The summed E-state index contributed by atoms with van der Waals surface area (Å²) in [6.45, 7) is 0.209. The maximum absolute atomic E-state index is 13.0. The number of nitrogens with zero attached hydrogens (tertiary/aromatic N) is 2. The Balaban J connectivity index is 4.39. The molecule has 0 aliphatic carbocycles. The number of rotatable bonds is 5. The van der Waals surface area contributed by atoms with Crippen LogP contribution in [0.2, 0.25) is 0 Å². The van der Waals surface area contributed by atoms with E-state index >= 15 is 0 Å². The molecule has 86 valence electrons. The predicted octanol–water partition coefficient (Wildman–Crippen LogP) is 0.501. The van der Waals surface area contributed by atoms with E-state index in [1.165, 1.54) is 0 Å². The van der Waals surface area contributed by atoms with Crippen LogP contribution in [0.5, 0.6) is 0 Å². The van der Waals surface area contributed by atoms with E-state index in [0.29, 0.717) is 0 Å². The molecule has 0 unspecified atom stereocenters. The molecule has 0 atom stereocenters. The Morgan fingerprint density at radius 2 is 1.87 bits per heavy atom. The first kappa shape index (κ1) is 13.4. The summed E-state index contributed by atoms with van der Waals surface area (Å²) in [6, 6.07) is 0. The molecule has 0 saturated carbocycles. The van der Waals surface area contributed by atoms with Crippen molar-refractivity contribution in [2.45, 2.75) is 12.8 Å². The second-order valence-electron chi connectivity index (χ2n) is 2.20. The van der Waals surface area contributed by atoms with Gasteiger partial charge in [-0.1, -0.05) is 4.39 Å². The molecule has 0 aromatic rings. The van der Waals surface area contributed by atoms with Crippen molar-refractivity contribution >= 4 is 17.5 Å². The Morgan fingerprint density at radius 1 is 1.40 bits per heavy atom. The zero-order valence-electron chi connectivity index (χ0n) is 7.54. The fraction of sp³-hybridized carbons (Fsp3) is 0.800. The molecule has 15 heavy (non-hydrogen) atoms. The smallest absolute Gasteiger partial charge is 0.457 e. The molecule has 0 fully saturated rings. The predicted molar refractivity (Wildman–Crippen MR) is 48.0 cm³/mol. The van der Waals surface area contributed by atoms with Gasteiger partial charge in [0.25, 0.3) is 6.61 Å². The third-order valence-electron chi connectivity index (χ3n) is 1.20. The SMILES string of the molecule is CCOC(=S)OCC(F)([N+](=O)[O-])[N+](=O)[O-]. The summed E-state index contributed by atoms with van der Waals surface area (Å²) in [4.78, 5) is 16.7. The number of ether oxygens (including phenoxy) is 2. The van der Waals surface area contributed by atoms with Gasteiger partial charge in [-0.05, 0) is 6.92 Å². The minimum absolute atomic E-state index is 0.106. The van der Waals surface area contributed by atoms with Crippen molar-refractivity contribution < 1.29 is 23.7 Å². The number of nitro groups is 2. The molecule has 0 aromatic carbocycles. The Kier molecular flexibility index (Phi) is 4.78. The minimum Gasteiger partial charge on any atom is -0.457 e. The average molecular weight is 242 g/mol. The average Bonchev–Trinajstić information content (AvgIpc) is 2.14. The van der Waals surface area contributed by atoms with Gasteiger partial charge in [0, 0.05) is 12.2 Å². The van der Waals surface area contributed by atoms with Crippen molar-refractivity contribution in [1.29, 1.82) is 0 Å². The van der Waals surface area contributed by atoms with E-state index < -0.39 is 27.6 Å². The van der Waals surface area contributed by atoms with E-state index in [-0.39, 0.29) is 6.61 Å². The van der Waals surface area contributed by atoms with Gasteiger partial charge in [-0.25, -0.2) is 0 Å². The van der Waals surface area contributed by atoms with E-state index in [4.69, 9.17) is 0 Å². The van der Waals surface area contributed by atoms with Gasteiger partial charge in [-0.2, -0.15) is 0 Å². The first-order valence-electron chi connectivity index (χ1n) is 3.62. The summed E-state index contributed by atoms with van der Waals surface area (Å²) in [6.07, 6.45) is 0. The molecule has 0 aliphatic heterocycles. The van der Waals surface area contributed by atoms with Crippen LogP contribution in [0.1, 0.15) is 6.92 Å². The highest BCUT2D eigenvalue weighted by molar-refractivity contribution is 7.79. The largest absolute Gasteiger partial charge is 0.648 e. The van der Waals surface area contributed by atoms with Crippen LogP contribution < -0.4 is 0 Å². The van der Waals surface area contributed by atoms with Crippen molar-refractivity contribution in [3.05, 3.63) is 20.2 Å². The Bertz CT molecular complexity index is 271. The molecule has 0 spiro atoms. The van der Waals surface area contributed by atoms with Gasteiger partial charge in [0.2, 0.25) is 0 Å². The van der Waals surface area contributed by atoms with E-state index in [2.05, 4.69) is 21.7 Å². The summed E-state index contributed by atoms with van der Waals surface area (Å²) < 4.78 is 21.7. The summed E-state index contributed by atoms with van der Waals surface area (Å²) in [5, 5.41) is 19.5. The van der Waals surface area contributed by atoms with Gasteiger partial charge in [-0.3, -0.25) is 20.2 Å². The van der Waals surface area contributed by atoms with Crippen LogP contribution in [-0.2, 0) is 9.47 Å². The van der Waals surface area contributed by atoms with Gasteiger partial charge in [-0.15, -0.1) is 0 Å². The lowest BCUT2D eigenvalue weighted by atomic mass is 10.5. The molecule has 0 amide bonds. The maximum Gasteiger partial charge on any atom is 0.648 e. The summed E-state index contributed by atoms with van der Waals surface area (Å²) in [5.41, 5.74) is 0. The summed E-state index contributed by atoms with van der Waals surface area (Å²) in [5.74, 6) is -3.92. The Labute approximate surface area is 88.3 Å². The van der Waals surface area contributed by atoms with Gasteiger partial charge < -0.3 is 9.47 Å². The van der Waals surface area contributed by atoms with Crippen LogP contribution in [0, 0.1) is 20.2 Å². The van der Waals surface area contributed by atoms with Gasteiger partial charge in [0.1, 0.15) is 9.85 Å². The summed E-state index contributed by atoms with van der Waals surface area (Å²) in [7, 11) is 0. The fourth-order valence-corrected chi connectivity index (χ4v) is 0.659. The molecule has 0 radical (unpaired) electrons. The molecule has 0 N–H and O–H groups in total. The van der Waals surface area contributed by atoms with E-state index in [1.54, 1.807) is 6.92 Å². The van der Waals surface area contributed by atoms with Crippen molar-refractivity contribution in [1.82, 2.24) is 0 Å². The van der Waals surface area contributed by atoms with Crippen LogP contribution in [0.4, 0.5) is 4.39 Å². The standard InChI is InChI=1S/C5H7FN2O6S/c1-2-13-4(15)14-3-5(6,7(9)10)8(11)12/h2-3H2,1H3. The van der Waals surface area contributed by atoms with Gasteiger partial charge >= 0.3 is 11.2 Å². The third-order valence-corrected chi connectivity index (χ3v) is 1.43. The highest BCUT2D eigenvalue weighted by atomic mass is 32.1. The van der Waals surface area contributed by atoms with Gasteiger partial charge in [0.05, 0.1) is 6.61 Å². The number of halogens is 1. The first-order chi connectivity index (χ1) is 6.84. The zero-order chi connectivity index (χ0) is 12.1. The second-order valence-corrected chi connectivity index (χ2v) is 2.54.